The zero-order valence-corrected chi connectivity index (χ0v) is 16.4. The van der Waals surface area contributed by atoms with E-state index in [2.05, 4.69) is 10.4 Å². The lowest BCUT2D eigenvalue weighted by molar-refractivity contribution is -0.0366. The maximum absolute atomic E-state index is 13.4. The topological polar surface area (TPSA) is 120 Å². The number of rotatable bonds is 5. The lowest BCUT2D eigenvalue weighted by atomic mass is 10.2. The molecule has 0 bridgehead atoms. The molecule has 1 aromatic heterocycles. The molecule has 152 valence electrons. The first-order valence-electron chi connectivity index (χ1n) is 9.61. The molecule has 3 N–H and O–H groups in total. The molecule has 2 saturated heterocycles. The lowest BCUT2D eigenvalue weighted by Gasteiger charge is -2.25. The van der Waals surface area contributed by atoms with Gasteiger partial charge in [0.25, 0.3) is 0 Å². The monoisotopic (exact) mass is 407 g/mol. The fraction of sp³-hybridized carbons (Fsp3) is 0.556. The van der Waals surface area contributed by atoms with Crippen molar-refractivity contribution in [3.63, 3.8) is 0 Å². The van der Waals surface area contributed by atoms with Gasteiger partial charge in [0, 0.05) is 31.1 Å². The first-order chi connectivity index (χ1) is 13.5. The van der Waals surface area contributed by atoms with Crippen LogP contribution < -0.4 is 11.1 Å². The third kappa shape index (κ3) is 3.47. The van der Waals surface area contributed by atoms with Crippen molar-refractivity contribution in [1.29, 1.82) is 0 Å². The van der Waals surface area contributed by atoms with Gasteiger partial charge in [0.05, 0.1) is 16.6 Å². The van der Waals surface area contributed by atoms with Crippen molar-refractivity contribution in [1.82, 2.24) is 19.4 Å². The molecule has 2 aromatic rings. The minimum Gasteiger partial charge on any atom is -0.356 e. The molecule has 2 atom stereocenters. The zero-order valence-electron chi connectivity index (χ0n) is 15.6. The summed E-state index contributed by atoms with van der Waals surface area (Å²) >= 11 is 0. The van der Waals surface area contributed by atoms with Gasteiger partial charge >= 0.3 is 6.03 Å². The van der Waals surface area contributed by atoms with Crippen molar-refractivity contribution in [2.24, 2.45) is 5.73 Å². The van der Waals surface area contributed by atoms with Crippen molar-refractivity contribution in [2.75, 3.05) is 19.7 Å². The quantitative estimate of drug-likeness (QED) is 0.779. The number of amides is 2. The summed E-state index contributed by atoms with van der Waals surface area (Å²) in [6.07, 6.45) is 5.83. The maximum atomic E-state index is 13.4. The van der Waals surface area contributed by atoms with E-state index in [4.69, 9.17) is 10.5 Å². The number of primary amides is 1. The van der Waals surface area contributed by atoms with Gasteiger partial charge < -0.3 is 15.8 Å². The zero-order chi connectivity index (χ0) is 19.7. The molecule has 9 nitrogen and oxygen atoms in total. The highest BCUT2D eigenvalue weighted by Crippen LogP contribution is 2.32. The average Bonchev–Trinajstić information content (AvgIpc) is 3.34. The van der Waals surface area contributed by atoms with Crippen LogP contribution in [0.15, 0.2) is 29.3 Å². The van der Waals surface area contributed by atoms with Crippen LogP contribution in [0, 0.1) is 0 Å². The molecule has 0 radical (unpaired) electrons. The Balaban J connectivity index is 1.68. The molecular weight excluding hydrogens is 382 g/mol. The fourth-order valence-electron chi connectivity index (χ4n) is 4.09. The van der Waals surface area contributed by atoms with Crippen molar-refractivity contribution >= 4 is 27.0 Å². The van der Waals surface area contributed by atoms with Crippen LogP contribution >= 0.6 is 0 Å². The Bertz CT molecular complexity index is 968. The summed E-state index contributed by atoms with van der Waals surface area (Å²) in [4.78, 5) is 11.3. The Hall–Kier alpha value is -2.17. The number of carbonyl (C=O) groups is 1. The van der Waals surface area contributed by atoms with Crippen LogP contribution in [-0.2, 0) is 14.8 Å². The number of nitrogens with one attached hydrogen (secondary N) is 1. The van der Waals surface area contributed by atoms with E-state index in [9.17, 15) is 13.2 Å². The van der Waals surface area contributed by atoms with Gasteiger partial charge in [-0.05, 0) is 44.2 Å². The number of sulfonamides is 1. The van der Waals surface area contributed by atoms with Crippen LogP contribution in [0.1, 0.15) is 38.3 Å². The van der Waals surface area contributed by atoms with E-state index < -0.39 is 16.1 Å². The van der Waals surface area contributed by atoms with Crippen LogP contribution in [0.5, 0.6) is 0 Å². The van der Waals surface area contributed by atoms with Gasteiger partial charge in [0.2, 0.25) is 10.0 Å². The van der Waals surface area contributed by atoms with Gasteiger partial charge in [-0.3, -0.25) is 0 Å². The van der Waals surface area contributed by atoms with E-state index in [1.807, 2.05) is 6.07 Å². The van der Waals surface area contributed by atoms with E-state index in [1.165, 1.54) is 4.31 Å². The minimum atomic E-state index is -3.73. The minimum absolute atomic E-state index is 0.163. The summed E-state index contributed by atoms with van der Waals surface area (Å²) in [6, 6.07) is 4.27. The van der Waals surface area contributed by atoms with Gasteiger partial charge in [-0.2, -0.15) is 9.40 Å². The number of benzene rings is 1. The molecule has 4 rings (SSSR count). The van der Waals surface area contributed by atoms with E-state index in [-0.39, 0.29) is 23.7 Å². The molecule has 2 aliphatic rings. The average molecular weight is 407 g/mol. The van der Waals surface area contributed by atoms with E-state index in [1.54, 1.807) is 23.0 Å². The summed E-state index contributed by atoms with van der Waals surface area (Å²) in [5.74, 6) is 0. The summed E-state index contributed by atoms with van der Waals surface area (Å²) < 4.78 is 35.9. The first-order valence-corrected chi connectivity index (χ1v) is 11.1. The molecule has 3 heterocycles. The van der Waals surface area contributed by atoms with E-state index >= 15 is 0 Å². The number of hydrogen-bond acceptors (Lipinski definition) is 5. The smallest absolute Gasteiger partial charge is 0.312 e. The van der Waals surface area contributed by atoms with Crippen molar-refractivity contribution in [2.45, 2.75) is 49.3 Å². The normalized spacial score (nSPS) is 23.9. The highest BCUT2D eigenvalue weighted by molar-refractivity contribution is 7.89. The van der Waals surface area contributed by atoms with Gasteiger partial charge in [-0.15, -0.1) is 0 Å². The number of nitrogens with two attached hydrogens (primary N) is 1. The predicted octanol–water partition coefficient (Wildman–Crippen LogP) is 1.56. The number of aromatic nitrogens is 2. The highest BCUT2D eigenvalue weighted by atomic mass is 32.2. The summed E-state index contributed by atoms with van der Waals surface area (Å²) in [7, 11) is -3.73. The second kappa shape index (κ2) is 7.69. The van der Waals surface area contributed by atoms with E-state index in [0.717, 1.165) is 31.2 Å². The molecule has 2 amide bonds. The molecule has 0 saturated carbocycles. The Morgan fingerprint density at radius 2 is 2.14 bits per heavy atom. The van der Waals surface area contributed by atoms with Gasteiger partial charge in [-0.25, -0.2) is 17.9 Å². The molecule has 0 spiro atoms. The molecule has 2 fully saturated rings. The molecule has 1 aromatic carbocycles. The number of carbonyl (C=O) groups excluding carboxylic acids is 1. The summed E-state index contributed by atoms with van der Waals surface area (Å²) in [5.41, 5.74) is 5.89. The number of nitrogens with zero attached hydrogens (tertiary/aromatic N) is 3. The highest BCUT2D eigenvalue weighted by Gasteiger charge is 2.36. The van der Waals surface area contributed by atoms with Crippen LogP contribution in [0.3, 0.4) is 0 Å². The van der Waals surface area contributed by atoms with Crippen LogP contribution in [-0.4, -0.2) is 54.3 Å². The Kier molecular flexibility index (Phi) is 5.26. The number of urea groups is 1. The predicted molar refractivity (Wildman–Crippen MR) is 103 cm³/mol. The second-order valence-corrected chi connectivity index (χ2v) is 9.12. The molecule has 0 aliphatic carbocycles. The van der Waals surface area contributed by atoms with E-state index in [0.29, 0.717) is 25.0 Å². The van der Waals surface area contributed by atoms with Crippen LogP contribution in [0.25, 0.3) is 10.9 Å². The molecular formula is C18H25N5O4S. The Labute approximate surface area is 163 Å². The lowest BCUT2D eigenvalue weighted by Crippen LogP contribution is -2.44. The molecule has 2 aliphatic heterocycles. The summed E-state index contributed by atoms with van der Waals surface area (Å²) in [6.45, 7) is 1.32. The summed E-state index contributed by atoms with van der Waals surface area (Å²) in [5, 5.41) is 7.55. The maximum Gasteiger partial charge on any atom is 0.312 e. The Morgan fingerprint density at radius 3 is 2.89 bits per heavy atom. The van der Waals surface area contributed by atoms with Crippen LogP contribution in [0.4, 0.5) is 4.79 Å². The third-order valence-corrected chi connectivity index (χ3v) is 7.46. The van der Waals surface area contributed by atoms with Gasteiger partial charge in [-0.1, -0.05) is 6.07 Å². The van der Waals surface area contributed by atoms with Gasteiger partial charge in [0.15, 0.2) is 6.23 Å². The number of fused-ring (bicyclic) bond motifs is 1. The van der Waals surface area contributed by atoms with Crippen molar-refractivity contribution < 1.29 is 17.9 Å². The Morgan fingerprint density at radius 1 is 1.29 bits per heavy atom. The van der Waals surface area contributed by atoms with Crippen molar-refractivity contribution in [3.05, 3.63) is 24.4 Å². The van der Waals surface area contributed by atoms with Crippen molar-refractivity contribution in [3.8, 4) is 0 Å². The first kappa shape index (κ1) is 19.2. The number of hydrogen-bond donors (Lipinski definition) is 2. The third-order valence-electron chi connectivity index (χ3n) is 5.45. The largest absolute Gasteiger partial charge is 0.356 e. The molecule has 28 heavy (non-hydrogen) atoms. The van der Waals surface area contributed by atoms with Crippen LogP contribution in [0.2, 0.25) is 0 Å². The number of ether oxygens (including phenoxy) is 1. The van der Waals surface area contributed by atoms with Gasteiger partial charge in [0.1, 0.15) is 0 Å². The molecule has 2 unspecified atom stereocenters. The SMILES string of the molecule is NC(=O)NCC1CCCN1S(=O)(=O)c1cccc2c1cnn2C1CCCCO1. The molecule has 10 heteroatoms. The standard InChI is InChI=1S/C18H25N5O4S/c19-18(24)20-11-13-5-4-9-22(13)28(25,26)16-7-3-6-15-14(16)12-21-23(15)17-8-1-2-10-27-17/h3,6-7,12-13,17H,1-2,4-5,8-11H2,(H3,19,20,24). The second-order valence-electron chi connectivity index (χ2n) is 7.26. The fourth-order valence-corrected chi connectivity index (χ4v) is 5.97.